The fraction of sp³-hybridized carbons (Fsp3) is 0.333. The molecular weight excluding hydrogens is 249 g/mol. The van der Waals surface area contributed by atoms with Gasteiger partial charge in [-0.3, -0.25) is 0 Å². The fourth-order valence-electron chi connectivity index (χ4n) is 1.18. The molecule has 1 nitrogen and oxygen atoms in total. The van der Waals surface area contributed by atoms with E-state index in [9.17, 15) is 0 Å². The van der Waals surface area contributed by atoms with Crippen molar-refractivity contribution in [1.29, 1.82) is 0 Å². The van der Waals surface area contributed by atoms with Gasteiger partial charge in [0.15, 0.2) is 0 Å². The normalized spacial score (nSPS) is 9.00. The van der Waals surface area contributed by atoms with Crippen LogP contribution in [0.25, 0.3) is 5.73 Å². The second kappa shape index (κ2) is 6.56. The average Bonchev–Trinajstić information content (AvgIpc) is 2.01. The molecule has 4 heteroatoms. The predicted molar refractivity (Wildman–Crippen MR) is 56.3 cm³/mol. The van der Waals surface area contributed by atoms with Gasteiger partial charge >= 0.3 is 33.3 Å². The topological polar surface area (TPSA) is 23.8 Å². The predicted octanol–water partition coefficient (Wildman–Crippen LogP) is 4.67. The van der Waals surface area contributed by atoms with Crippen LogP contribution in [0.3, 0.4) is 0 Å². The van der Waals surface area contributed by atoms with Crippen LogP contribution in [0.1, 0.15) is 16.7 Å². The van der Waals surface area contributed by atoms with Crippen LogP contribution < -0.4 is 0 Å². The minimum absolute atomic E-state index is 0.194. The molecular formula is C9H12Cl2FeN. The van der Waals surface area contributed by atoms with Crippen molar-refractivity contribution in [3.63, 3.8) is 0 Å². The van der Waals surface area contributed by atoms with E-state index in [1.165, 1.54) is 5.56 Å². The van der Waals surface area contributed by atoms with Gasteiger partial charge < -0.3 is 5.73 Å². The van der Waals surface area contributed by atoms with Crippen LogP contribution in [0.4, 0.5) is 5.69 Å². The van der Waals surface area contributed by atoms with Gasteiger partial charge in [-0.05, 0) is 20.8 Å². The maximum atomic E-state index is 7.54. The molecule has 13 heavy (non-hydrogen) atoms. The summed E-state index contributed by atoms with van der Waals surface area (Å²) in [5.41, 5.74) is 11.6. The van der Waals surface area contributed by atoms with E-state index < -0.39 is 0 Å². The number of hydrogen-bond acceptors (Lipinski definition) is 0. The third-order valence-corrected chi connectivity index (χ3v) is 1.68. The van der Waals surface area contributed by atoms with Gasteiger partial charge in [-0.2, -0.15) is 0 Å². The van der Waals surface area contributed by atoms with E-state index in [0.29, 0.717) is 5.69 Å². The molecule has 0 aliphatic heterocycles. The number of nitrogens with one attached hydrogen (secondary N) is 1. The molecule has 0 aromatic heterocycles. The minimum atomic E-state index is 0.194. The Morgan fingerprint density at radius 1 is 1.08 bits per heavy atom. The molecule has 0 aliphatic rings. The van der Waals surface area contributed by atoms with Gasteiger partial charge in [0.1, 0.15) is 0 Å². The Morgan fingerprint density at radius 2 is 1.38 bits per heavy atom. The van der Waals surface area contributed by atoms with Crippen LogP contribution in [0.2, 0.25) is 0 Å². The van der Waals surface area contributed by atoms with Gasteiger partial charge in [0.2, 0.25) is 0 Å². The molecule has 0 saturated carbocycles. The first-order valence-electron chi connectivity index (χ1n) is 3.67. The molecule has 0 unspecified atom stereocenters. The molecule has 75 valence electrons. The van der Waals surface area contributed by atoms with E-state index in [-0.39, 0.29) is 13.1 Å². The van der Waals surface area contributed by atoms with Crippen molar-refractivity contribution in [2.24, 2.45) is 0 Å². The van der Waals surface area contributed by atoms with Crippen molar-refractivity contribution >= 4 is 25.9 Å². The van der Waals surface area contributed by atoms with E-state index in [2.05, 4.69) is 6.92 Å². The van der Waals surface area contributed by atoms with Crippen LogP contribution in [-0.4, -0.2) is 0 Å². The zero-order valence-electron chi connectivity index (χ0n) is 7.76. The molecule has 0 fully saturated rings. The Hall–Kier alpha value is 0.119. The molecule has 0 amide bonds. The van der Waals surface area contributed by atoms with E-state index in [0.717, 1.165) is 11.1 Å². The number of rotatable bonds is 0. The summed E-state index contributed by atoms with van der Waals surface area (Å²) in [6, 6.07) is 4.07. The summed E-state index contributed by atoms with van der Waals surface area (Å²) in [6.45, 7) is 6.00. The quantitative estimate of drug-likeness (QED) is 0.606. The third kappa shape index (κ3) is 4.78. The molecule has 0 atom stereocenters. The van der Waals surface area contributed by atoms with Crippen LogP contribution in [0.5, 0.6) is 0 Å². The van der Waals surface area contributed by atoms with Gasteiger partial charge in [-0.25, -0.2) is 0 Å². The number of benzene rings is 1. The van der Waals surface area contributed by atoms with Crippen LogP contribution in [0, 0.1) is 20.8 Å². The first-order valence-corrected chi connectivity index (χ1v) is 6.71. The van der Waals surface area contributed by atoms with Crippen molar-refractivity contribution in [3.05, 3.63) is 34.6 Å². The second-order valence-corrected chi connectivity index (χ2v) is 4.65. The van der Waals surface area contributed by atoms with E-state index in [4.69, 9.17) is 25.9 Å². The van der Waals surface area contributed by atoms with Gasteiger partial charge in [0, 0.05) is 0 Å². The Bertz CT molecular complexity index is 253. The van der Waals surface area contributed by atoms with E-state index >= 15 is 0 Å². The van der Waals surface area contributed by atoms with Gasteiger partial charge in [-0.15, -0.1) is 5.69 Å². The van der Waals surface area contributed by atoms with Gasteiger partial charge in [-0.1, -0.05) is 28.8 Å². The number of halogens is 2. The van der Waals surface area contributed by atoms with Crippen LogP contribution >= 0.6 is 20.2 Å². The van der Waals surface area contributed by atoms with E-state index in [1.807, 2.05) is 26.0 Å². The standard InChI is InChI=1S/C9H12N.2ClH.Fe/c1-6-4-7(2)9(10)8(3)5-6;;;/h4-5,10H,1-3H3;2*1H;/q-1;;;+3/p-2. The summed E-state index contributed by atoms with van der Waals surface area (Å²) in [4.78, 5) is 0. The number of aryl methyl sites for hydroxylation is 3. The monoisotopic (exact) mass is 260 g/mol. The van der Waals surface area contributed by atoms with Crippen LogP contribution in [-0.2, 0) is 13.1 Å². The Balaban J connectivity index is 0.000000424. The molecule has 0 radical (unpaired) electrons. The SMILES string of the molecule is Cc1cc(C)c([NH-])c(C)c1.[Cl][Fe+][Cl]. The van der Waals surface area contributed by atoms with Gasteiger partial charge in [0.05, 0.1) is 0 Å². The molecule has 0 heterocycles. The first-order chi connectivity index (χ1) is 6.02. The van der Waals surface area contributed by atoms with Crippen molar-refractivity contribution in [2.45, 2.75) is 20.8 Å². The summed E-state index contributed by atoms with van der Waals surface area (Å²) < 4.78 is 0. The molecule has 1 rings (SSSR count). The molecule has 0 saturated heterocycles. The van der Waals surface area contributed by atoms with Crippen molar-refractivity contribution < 1.29 is 13.1 Å². The number of hydrogen-bond donors (Lipinski definition) is 0. The Morgan fingerprint density at radius 3 is 1.69 bits per heavy atom. The zero-order valence-corrected chi connectivity index (χ0v) is 10.4. The van der Waals surface area contributed by atoms with Crippen LogP contribution in [0.15, 0.2) is 12.1 Å². The first kappa shape index (κ1) is 13.1. The van der Waals surface area contributed by atoms with Gasteiger partial charge in [0.25, 0.3) is 0 Å². The summed E-state index contributed by atoms with van der Waals surface area (Å²) >= 11 is 0.194. The second-order valence-electron chi connectivity index (χ2n) is 2.82. The summed E-state index contributed by atoms with van der Waals surface area (Å²) in [5, 5.41) is 0. The van der Waals surface area contributed by atoms with E-state index in [1.54, 1.807) is 0 Å². The molecule has 1 aromatic carbocycles. The molecule has 1 N–H and O–H groups in total. The Labute approximate surface area is 94.2 Å². The third-order valence-electron chi connectivity index (χ3n) is 1.68. The zero-order chi connectivity index (χ0) is 10.4. The summed E-state index contributed by atoms with van der Waals surface area (Å²) in [6.07, 6.45) is 0. The summed E-state index contributed by atoms with van der Waals surface area (Å²) in [5.74, 6) is 0. The van der Waals surface area contributed by atoms with Crippen molar-refractivity contribution in [2.75, 3.05) is 0 Å². The summed E-state index contributed by atoms with van der Waals surface area (Å²) in [7, 11) is 9.53. The van der Waals surface area contributed by atoms with Crippen molar-refractivity contribution in [3.8, 4) is 0 Å². The molecule has 0 spiro atoms. The average molecular weight is 261 g/mol. The molecule has 0 bridgehead atoms. The fourth-order valence-corrected chi connectivity index (χ4v) is 1.18. The molecule has 0 aliphatic carbocycles. The molecule has 1 aromatic rings. The Kier molecular flexibility index (Phi) is 6.62. The van der Waals surface area contributed by atoms with Crippen molar-refractivity contribution in [1.82, 2.24) is 0 Å². The maximum absolute atomic E-state index is 7.54.